The number of carbonyl (C=O) groups excluding carboxylic acids is 2. The molecule has 0 aromatic carbocycles. The van der Waals surface area contributed by atoms with E-state index in [1.54, 1.807) is 12.4 Å². The van der Waals surface area contributed by atoms with E-state index in [2.05, 4.69) is 20.6 Å². The van der Waals surface area contributed by atoms with Gasteiger partial charge in [-0.3, -0.25) is 9.97 Å². The quantitative estimate of drug-likeness (QED) is 0.436. The van der Waals surface area contributed by atoms with Crippen molar-refractivity contribution in [3.05, 3.63) is 60.2 Å². The zero-order valence-electron chi connectivity index (χ0n) is 15.9. The molecule has 148 valence electrons. The first-order chi connectivity index (χ1) is 12.4. The van der Waals surface area contributed by atoms with Gasteiger partial charge in [-0.2, -0.15) is 0 Å². The number of aromatic nitrogens is 2. The molecule has 10 heteroatoms. The topological polar surface area (TPSA) is 162 Å². The van der Waals surface area contributed by atoms with Crippen molar-refractivity contribution in [2.75, 3.05) is 0 Å². The Hall–Kier alpha value is -2.26. The molecule has 2 rings (SSSR count). The van der Waals surface area contributed by atoms with E-state index >= 15 is 0 Å². The van der Waals surface area contributed by atoms with Crippen LogP contribution in [0.15, 0.2) is 48.8 Å². The number of carbonyl (C=O) groups is 2. The van der Waals surface area contributed by atoms with Crippen LogP contribution < -0.4 is 20.8 Å². The summed E-state index contributed by atoms with van der Waals surface area (Å²) in [6, 6.07) is 9.69. The van der Waals surface area contributed by atoms with Crippen molar-refractivity contribution in [1.82, 2.24) is 20.6 Å². The number of pyridine rings is 2. The van der Waals surface area contributed by atoms with Crippen LogP contribution in [0.3, 0.4) is 0 Å². The summed E-state index contributed by atoms with van der Waals surface area (Å²) >= 11 is 0. The molecule has 9 nitrogen and oxygen atoms in total. The summed E-state index contributed by atoms with van der Waals surface area (Å²) in [4.78, 5) is 28.7. The van der Waals surface area contributed by atoms with Crippen LogP contribution in [-0.4, -0.2) is 39.5 Å². The third-order valence-electron chi connectivity index (χ3n) is 3.34. The summed E-state index contributed by atoms with van der Waals surface area (Å²) in [5.74, 6) is -2.20. The molecule has 0 spiro atoms. The Morgan fingerprint density at radius 3 is 1.46 bits per heavy atom. The van der Waals surface area contributed by atoms with Crippen molar-refractivity contribution in [3.63, 3.8) is 0 Å². The van der Waals surface area contributed by atoms with Crippen LogP contribution in [0.5, 0.6) is 0 Å². The number of aliphatic carboxylic acids is 2. The van der Waals surface area contributed by atoms with Crippen molar-refractivity contribution in [2.45, 2.75) is 39.0 Å². The predicted octanol–water partition coefficient (Wildman–Crippen LogP) is -2.21. The van der Waals surface area contributed by atoms with Crippen LogP contribution in [-0.2, 0) is 42.2 Å². The molecule has 0 amide bonds. The van der Waals surface area contributed by atoms with Gasteiger partial charge < -0.3 is 35.9 Å². The Bertz CT molecular complexity index is 617. The smallest absolute Gasteiger partial charge is 0.548 e. The first-order valence-electron chi connectivity index (χ1n) is 8.08. The van der Waals surface area contributed by atoms with E-state index in [0.717, 1.165) is 11.4 Å². The van der Waals surface area contributed by atoms with E-state index < -0.39 is 24.0 Å². The molecule has 0 aliphatic rings. The van der Waals surface area contributed by atoms with Crippen molar-refractivity contribution in [2.24, 2.45) is 0 Å². The van der Waals surface area contributed by atoms with Crippen LogP contribution >= 0.6 is 0 Å². The second-order valence-corrected chi connectivity index (χ2v) is 5.49. The average Bonchev–Trinajstić information content (AvgIpc) is 2.66. The number of carboxylic acids is 2. The Kier molecular flexibility index (Phi) is 15.7. The second-order valence-electron chi connectivity index (χ2n) is 5.49. The molecule has 2 aromatic rings. The minimum atomic E-state index is -1.10. The molecule has 4 N–H and O–H groups in total. The van der Waals surface area contributed by atoms with E-state index in [0.29, 0.717) is 13.1 Å². The number of hydrogen-bond donors (Lipinski definition) is 2. The van der Waals surface area contributed by atoms with Gasteiger partial charge in [-0.1, -0.05) is 12.1 Å². The number of hydrogen-bond acceptors (Lipinski definition) is 8. The fourth-order valence-corrected chi connectivity index (χ4v) is 1.69. The summed E-state index contributed by atoms with van der Waals surface area (Å²) in [7, 11) is 0. The van der Waals surface area contributed by atoms with Crippen molar-refractivity contribution in [3.8, 4) is 0 Å². The standard InChI is InChI=1S/2C9H12N2O2.H2O.Zn/c2*1-7(9(12)13)11-6-8-4-2-3-5-10-8;;/h2*2-5,7,11H,6H2,1H3,(H,12,13);1H2;/q;;;+2/p-2/t2*7-;;/m00../s1. The summed E-state index contributed by atoms with van der Waals surface area (Å²) in [6.07, 6.45) is 3.33. The third kappa shape index (κ3) is 12.2. The van der Waals surface area contributed by atoms with E-state index in [1.807, 2.05) is 36.4 Å². The molecule has 0 saturated heterocycles. The summed E-state index contributed by atoms with van der Waals surface area (Å²) in [6.45, 7) is 3.96. The van der Waals surface area contributed by atoms with E-state index in [-0.39, 0.29) is 25.0 Å². The minimum Gasteiger partial charge on any atom is -0.548 e. The molecule has 2 aromatic heterocycles. The molecule has 0 saturated carbocycles. The van der Waals surface area contributed by atoms with E-state index in [4.69, 9.17) is 0 Å². The van der Waals surface area contributed by atoms with Gasteiger partial charge in [0.15, 0.2) is 0 Å². The molecule has 0 unspecified atom stereocenters. The van der Waals surface area contributed by atoms with Gasteiger partial charge in [0.25, 0.3) is 0 Å². The average molecular weight is 442 g/mol. The van der Waals surface area contributed by atoms with Gasteiger partial charge >= 0.3 is 19.5 Å². The fraction of sp³-hybridized carbons (Fsp3) is 0.333. The Morgan fingerprint density at radius 2 is 1.21 bits per heavy atom. The molecule has 0 aliphatic carbocycles. The van der Waals surface area contributed by atoms with Gasteiger partial charge in [0.2, 0.25) is 0 Å². The fourth-order valence-electron chi connectivity index (χ4n) is 1.69. The largest absolute Gasteiger partial charge is 2.00 e. The molecule has 0 radical (unpaired) electrons. The molecule has 0 fully saturated rings. The maximum absolute atomic E-state index is 10.3. The minimum absolute atomic E-state index is 0. The van der Waals surface area contributed by atoms with Crippen molar-refractivity contribution >= 4 is 11.9 Å². The number of rotatable bonds is 8. The van der Waals surface area contributed by atoms with Gasteiger partial charge in [0, 0.05) is 37.6 Å². The van der Waals surface area contributed by atoms with Gasteiger partial charge in [0.1, 0.15) is 0 Å². The molecule has 28 heavy (non-hydrogen) atoms. The predicted molar refractivity (Wildman–Crippen MR) is 94.7 cm³/mol. The third-order valence-corrected chi connectivity index (χ3v) is 3.34. The zero-order chi connectivity index (χ0) is 19.4. The van der Waals surface area contributed by atoms with Crippen LogP contribution in [0.2, 0.25) is 0 Å². The normalized spacial score (nSPS) is 11.5. The Labute approximate surface area is 176 Å². The van der Waals surface area contributed by atoms with Crippen molar-refractivity contribution < 1.29 is 44.8 Å². The van der Waals surface area contributed by atoms with Gasteiger partial charge in [-0.25, -0.2) is 0 Å². The van der Waals surface area contributed by atoms with Crippen LogP contribution in [0, 0.1) is 0 Å². The SMILES string of the molecule is C[C@H](NCc1ccccn1)C(=O)[O-].C[C@H](NCc1ccccn1)C(=O)[O-].O.[Zn+2]. The summed E-state index contributed by atoms with van der Waals surface area (Å²) in [5, 5.41) is 26.2. The summed E-state index contributed by atoms with van der Waals surface area (Å²) in [5.41, 5.74) is 1.63. The molecular formula is C18H24N4O5Zn. The Morgan fingerprint density at radius 1 is 0.857 bits per heavy atom. The van der Waals surface area contributed by atoms with E-state index in [9.17, 15) is 19.8 Å². The molecular weight excluding hydrogens is 418 g/mol. The van der Waals surface area contributed by atoms with Crippen LogP contribution in [0.1, 0.15) is 25.2 Å². The van der Waals surface area contributed by atoms with Gasteiger partial charge in [0.05, 0.1) is 23.3 Å². The number of nitrogens with one attached hydrogen (secondary N) is 2. The van der Waals surface area contributed by atoms with Gasteiger partial charge in [-0.15, -0.1) is 0 Å². The monoisotopic (exact) mass is 440 g/mol. The maximum atomic E-state index is 10.3. The molecule has 0 aliphatic heterocycles. The maximum Gasteiger partial charge on any atom is 2.00 e. The van der Waals surface area contributed by atoms with Crippen LogP contribution in [0.4, 0.5) is 0 Å². The Balaban J connectivity index is 0. The number of carboxylic acid groups (broad SMARTS) is 2. The van der Waals surface area contributed by atoms with Crippen molar-refractivity contribution in [1.29, 1.82) is 0 Å². The zero-order valence-corrected chi connectivity index (χ0v) is 18.9. The summed E-state index contributed by atoms with van der Waals surface area (Å²) < 4.78 is 0. The molecule has 2 heterocycles. The molecule has 2 atom stereocenters. The van der Waals surface area contributed by atoms with E-state index in [1.165, 1.54) is 13.8 Å². The van der Waals surface area contributed by atoms with Crippen LogP contribution in [0.25, 0.3) is 0 Å². The first kappa shape index (κ1) is 28.0. The number of nitrogens with zero attached hydrogens (tertiary/aromatic N) is 2. The first-order valence-corrected chi connectivity index (χ1v) is 8.08. The van der Waals surface area contributed by atoms with Gasteiger partial charge in [-0.05, 0) is 38.1 Å². The second kappa shape index (κ2) is 15.8. The molecule has 0 bridgehead atoms.